The van der Waals surface area contributed by atoms with E-state index in [1.807, 2.05) is 27.7 Å². The smallest absolute Gasteiger partial charge is 0.145 e. The minimum absolute atomic E-state index is 0.00161. The lowest BCUT2D eigenvalue weighted by molar-refractivity contribution is -0.128. The van der Waals surface area contributed by atoms with Gasteiger partial charge in [0.15, 0.2) is 0 Å². The van der Waals surface area contributed by atoms with Crippen LogP contribution in [0, 0.1) is 11.7 Å². The zero-order valence-electron chi connectivity index (χ0n) is 12.3. The third-order valence-corrected chi connectivity index (χ3v) is 4.15. The fourth-order valence-electron chi connectivity index (χ4n) is 3.06. The number of carbonyl (C=O) groups excluding carboxylic acids is 1. The lowest BCUT2D eigenvalue weighted by Gasteiger charge is -2.26. The SMILES string of the molecule is CC1(C)CC(C(=O)Cc2cccc(Cl)c2F)C(C)(C)O1. The van der Waals surface area contributed by atoms with E-state index >= 15 is 0 Å². The minimum Gasteiger partial charge on any atom is -0.369 e. The third-order valence-electron chi connectivity index (χ3n) is 3.86. The number of Topliss-reactive ketones (excluding diaryl/α,β-unsaturated/α-hetero) is 1. The molecule has 0 N–H and O–H groups in total. The highest BCUT2D eigenvalue weighted by atomic mass is 35.5. The van der Waals surface area contributed by atoms with Crippen molar-refractivity contribution in [2.45, 2.75) is 51.7 Å². The first-order valence-corrected chi connectivity index (χ1v) is 7.16. The van der Waals surface area contributed by atoms with Crippen LogP contribution < -0.4 is 0 Å². The Bertz CT molecular complexity index is 537. The van der Waals surface area contributed by atoms with Gasteiger partial charge in [0.25, 0.3) is 0 Å². The van der Waals surface area contributed by atoms with Gasteiger partial charge in [-0.25, -0.2) is 4.39 Å². The summed E-state index contributed by atoms with van der Waals surface area (Å²) in [7, 11) is 0. The Hall–Kier alpha value is -0.930. The van der Waals surface area contributed by atoms with Gasteiger partial charge < -0.3 is 4.74 Å². The number of halogens is 2. The van der Waals surface area contributed by atoms with Crippen molar-refractivity contribution < 1.29 is 13.9 Å². The van der Waals surface area contributed by atoms with Gasteiger partial charge in [-0.3, -0.25) is 4.79 Å². The Morgan fingerprint density at radius 3 is 2.60 bits per heavy atom. The van der Waals surface area contributed by atoms with Crippen molar-refractivity contribution >= 4 is 17.4 Å². The van der Waals surface area contributed by atoms with E-state index < -0.39 is 11.4 Å². The number of ether oxygens (including phenoxy) is 1. The summed E-state index contributed by atoms with van der Waals surface area (Å²) in [4.78, 5) is 12.5. The molecule has 1 fully saturated rings. The number of hydrogen-bond acceptors (Lipinski definition) is 2. The molecule has 0 saturated carbocycles. The predicted molar refractivity (Wildman–Crippen MR) is 77.5 cm³/mol. The molecule has 1 unspecified atom stereocenters. The highest BCUT2D eigenvalue weighted by Crippen LogP contribution is 2.42. The van der Waals surface area contributed by atoms with Gasteiger partial charge in [-0.05, 0) is 45.7 Å². The van der Waals surface area contributed by atoms with Crippen molar-refractivity contribution in [3.63, 3.8) is 0 Å². The van der Waals surface area contributed by atoms with Gasteiger partial charge >= 0.3 is 0 Å². The Kier molecular flexibility index (Phi) is 3.96. The summed E-state index contributed by atoms with van der Waals surface area (Å²) in [6.07, 6.45) is 0.709. The van der Waals surface area contributed by atoms with Gasteiger partial charge in [-0.15, -0.1) is 0 Å². The molecule has 0 bridgehead atoms. The molecule has 1 aliphatic heterocycles. The topological polar surface area (TPSA) is 26.3 Å². The zero-order chi connectivity index (χ0) is 15.1. The summed E-state index contributed by atoms with van der Waals surface area (Å²) < 4.78 is 19.8. The van der Waals surface area contributed by atoms with Crippen molar-refractivity contribution in [1.29, 1.82) is 0 Å². The van der Waals surface area contributed by atoms with E-state index in [0.29, 0.717) is 12.0 Å². The van der Waals surface area contributed by atoms with E-state index in [1.165, 1.54) is 6.07 Å². The molecule has 20 heavy (non-hydrogen) atoms. The Balaban J connectivity index is 2.19. The van der Waals surface area contributed by atoms with Crippen molar-refractivity contribution in [2.24, 2.45) is 5.92 Å². The van der Waals surface area contributed by atoms with Gasteiger partial charge in [-0.1, -0.05) is 23.7 Å². The maximum atomic E-state index is 13.9. The average molecular weight is 299 g/mol. The van der Waals surface area contributed by atoms with Crippen LogP contribution in [0.2, 0.25) is 5.02 Å². The molecular formula is C16H20ClFO2. The van der Waals surface area contributed by atoms with E-state index in [9.17, 15) is 9.18 Å². The molecule has 110 valence electrons. The first-order chi connectivity index (χ1) is 9.12. The van der Waals surface area contributed by atoms with Crippen LogP contribution in [0.25, 0.3) is 0 Å². The summed E-state index contributed by atoms with van der Waals surface area (Å²) >= 11 is 5.75. The maximum absolute atomic E-state index is 13.9. The second kappa shape index (κ2) is 5.12. The molecule has 1 aliphatic rings. The number of hydrogen-bond donors (Lipinski definition) is 0. The van der Waals surface area contributed by atoms with Crippen LogP contribution in [0.3, 0.4) is 0 Å². The number of benzene rings is 1. The van der Waals surface area contributed by atoms with E-state index in [1.54, 1.807) is 12.1 Å². The van der Waals surface area contributed by atoms with Crippen molar-refractivity contribution in [3.05, 3.63) is 34.6 Å². The molecule has 0 amide bonds. The van der Waals surface area contributed by atoms with Gasteiger partial charge in [0.05, 0.1) is 16.2 Å². The van der Waals surface area contributed by atoms with Gasteiger partial charge in [0.1, 0.15) is 11.6 Å². The standard InChI is InChI=1S/C16H20ClFO2/c1-15(2)9-11(16(3,4)20-15)13(19)8-10-6-5-7-12(17)14(10)18/h5-7,11H,8-9H2,1-4H3. The normalized spacial score (nSPS) is 23.8. The summed E-state index contributed by atoms with van der Waals surface area (Å²) in [5, 5.41) is 0.0533. The molecule has 1 heterocycles. The van der Waals surface area contributed by atoms with E-state index in [0.717, 1.165) is 0 Å². The van der Waals surface area contributed by atoms with Crippen LogP contribution in [0.15, 0.2) is 18.2 Å². The molecule has 0 spiro atoms. The fourth-order valence-corrected chi connectivity index (χ4v) is 3.25. The molecular weight excluding hydrogens is 279 g/mol. The molecule has 1 aromatic rings. The van der Waals surface area contributed by atoms with Gasteiger partial charge in [0, 0.05) is 12.3 Å². The zero-order valence-corrected chi connectivity index (χ0v) is 13.1. The minimum atomic E-state index is -0.518. The highest BCUT2D eigenvalue weighted by molar-refractivity contribution is 6.30. The number of ketones is 1. The molecule has 2 nitrogen and oxygen atoms in total. The highest BCUT2D eigenvalue weighted by Gasteiger charge is 2.48. The number of rotatable bonds is 3. The quantitative estimate of drug-likeness (QED) is 0.836. The van der Waals surface area contributed by atoms with Crippen LogP contribution >= 0.6 is 11.6 Å². The second-order valence-electron chi connectivity index (χ2n) is 6.58. The Morgan fingerprint density at radius 2 is 2.05 bits per heavy atom. The van der Waals surface area contributed by atoms with Crippen LogP contribution in [0.5, 0.6) is 0 Å². The second-order valence-corrected chi connectivity index (χ2v) is 6.99. The molecule has 2 rings (SSSR count). The number of carbonyl (C=O) groups is 1. The molecule has 1 aromatic carbocycles. The molecule has 4 heteroatoms. The fraction of sp³-hybridized carbons (Fsp3) is 0.562. The summed E-state index contributed by atoms with van der Waals surface area (Å²) in [5.41, 5.74) is -0.491. The lowest BCUT2D eigenvalue weighted by atomic mass is 9.82. The largest absolute Gasteiger partial charge is 0.369 e. The monoisotopic (exact) mass is 298 g/mol. The first kappa shape index (κ1) is 15.5. The van der Waals surface area contributed by atoms with Crippen molar-refractivity contribution in [3.8, 4) is 0 Å². The summed E-state index contributed by atoms with van der Waals surface area (Å²) in [5.74, 6) is -0.726. The van der Waals surface area contributed by atoms with Gasteiger partial charge in [0.2, 0.25) is 0 Å². The molecule has 1 saturated heterocycles. The molecule has 0 radical (unpaired) electrons. The maximum Gasteiger partial charge on any atom is 0.145 e. The van der Waals surface area contributed by atoms with Crippen molar-refractivity contribution in [1.82, 2.24) is 0 Å². The van der Waals surface area contributed by atoms with Crippen LogP contribution in [0.1, 0.15) is 39.7 Å². The van der Waals surface area contributed by atoms with E-state index in [4.69, 9.17) is 16.3 Å². The first-order valence-electron chi connectivity index (χ1n) is 6.78. The molecule has 0 aliphatic carbocycles. The predicted octanol–water partition coefficient (Wildman–Crippen LogP) is 4.18. The summed E-state index contributed by atoms with van der Waals surface area (Å²) in [6, 6.07) is 4.75. The third kappa shape index (κ3) is 3.04. The van der Waals surface area contributed by atoms with E-state index in [-0.39, 0.29) is 28.7 Å². The summed E-state index contributed by atoms with van der Waals surface area (Å²) in [6.45, 7) is 7.78. The van der Waals surface area contributed by atoms with E-state index in [2.05, 4.69) is 0 Å². The lowest BCUT2D eigenvalue weighted by Crippen LogP contribution is -2.34. The Labute approximate surface area is 124 Å². The van der Waals surface area contributed by atoms with Crippen LogP contribution in [-0.4, -0.2) is 17.0 Å². The average Bonchev–Trinajstić information content (AvgIpc) is 2.53. The van der Waals surface area contributed by atoms with Gasteiger partial charge in [-0.2, -0.15) is 0 Å². The Morgan fingerprint density at radius 1 is 1.40 bits per heavy atom. The van der Waals surface area contributed by atoms with Crippen molar-refractivity contribution in [2.75, 3.05) is 0 Å². The molecule has 1 atom stereocenters. The van der Waals surface area contributed by atoms with Crippen LogP contribution in [0.4, 0.5) is 4.39 Å². The van der Waals surface area contributed by atoms with Crippen LogP contribution in [-0.2, 0) is 16.0 Å². The molecule has 0 aromatic heterocycles.